The zero-order valence-corrected chi connectivity index (χ0v) is 12.0. The van der Waals surface area contributed by atoms with Gasteiger partial charge in [-0.2, -0.15) is 4.98 Å². The zero-order chi connectivity index (χ0) is 13.9. The molecule has 0 saturated heterocycles. The number of pyridine rings is 1. The van der Waals surface area contributed by atoms with E-state index in [1.54, 1.807) is 6.20 Å². The number of aryl methyl sites for hydroxylation is 1. The van der Waals surface area contributed by atoms with Gasteiger partial charge in [0.05, 0.1) is 5.92 Å². The number of hydrogen-bond acceptors (Lipinski definition) is 5. The van der Waals surface area contributed by atoms with Crippen LogP contribution in [0.4, 0.5) is 0 Å². The summed E-state index contributed by atoms with van der Waals surface area (Å²) in [4.78, 5) is 8.78. The highest BCUT2D eigenvalue weighted by molar-refractivity contribution is 5.58. The van der Waals surface area contributed by atoms with Gasteiger partial charge in [0.2, 0.25) is 11.7 Å². The first-order chi connectivity index (χ1) is 9.83. The molecule has 1 fully saturated rings. The first-order valence-electron chi connectivity index (χ1n) is 7.27. The smallest absolute Gasteiger partial charge is 0.231 e. The van der Waals surface area contributed by atoms with Gasteiger partial charge in [-0.15, -0.1) is 0 Å². The van der Waals surface area contributed by atoms with Gasteiger partial charge in [-0.3, -0.25) is 4.98 Å². The van der Waals surface area contributed by atoms with Crippen LogP contribution in [-0.2, 0) is 6.42 Å². The molecule has 2 unspecified atom stereocenters. The van der Waals surface area contributed by atoms with Gasteiger partial charge in [-0.1, -0.05) is 18.5 Å². The van der Waals surface area contributed by atoms with Crippen molar-refractivity contribution in [3.63, 3.8) is 0 Å². The van der Waals surface area contributed by atoms with Crippen molar-refractivity contribution < 1.29 is 4.52 Å². The van der Waals surface area contributed by atoms with E-state index in [4.69, 9.17) is 4.52 Å². The topological polar surface area (TPSA) is 63.8 Å². The number of hydrogen-bond donors (Lipinski definition) is 1. The Morgan fingerprint density at radius 2 is 2.30 bits per heavy atom. The summed E-state index contributed by atoms with van der Waals surface area (Å²) in [6, 6.07) is 2.41. The molecule has 5 heteroatoms. The number of nitrogens with zero attached hydrogens (tertiary/aromatic N) is 3. The number of nitrogens with one attached hydrogen (secondary N) is 1. The molecule has 1 aliphatic carbocycles. The van der Waals surface area contributed by atoms with E-state index < -0.39 is 0 Å². The summed E-state index contributed by atoms with van der Waals surface area (Å²) in [7, 11) is 2.00. The fraction of sp³-hybridized carbons (Fsp3) is 0.533. The Hall–Kier alpha value is -1.75. The van der Waals surface area contributed by atoms with Crippen molar-refractivity contribution in [2.45, 2.75) is 44.6 Å². The molecule has 0 aromatic carbocycles. The Morgan fingerprint density at radius 3 is 3.10 bits per heavy atom. The Kier molecular flexibility index (Phi) is 3.78. The molecule has 0 bridgehead atoms. The van der Waals surface area contributed by atoms with E-state index in [1.807, 2.05) is 19.3 Å². The normalized spacial score (nSPS) is 22.3. The maximum absolute atomic E-state index is 5.51. The molecule has 2 aromatic rings. The van der Waals surface area contributed by atoms with E-state index >= 15 is 0 Å². The van der Waals surface area contributed by atoms with Crippen molar-refractivity contribution in [3.05, 3.63) is 29.9 Å². The van der Waals surface area contributed by atoms with E-state index in [0.29, 0.717) is 17.8 Å². The molecule has 1 aliphatic rings. The molecule has 5 nitrogen and oxygen atoms in total. The second-order valence-electron chi connectivity index (χ2n) is 5.28. The summed E-state index contributed by atoms with van der Waals surface area (Å²) in [6.07, 6.45) is 8.06. The molecule has 1 N–H and O–H groups in total. The van der Waals surface area contributed by atoms with E-state index in [9.17, 15) is 0 Å². The van der Waals surface area contributed by atoms with Crippen LogP contribution in [-0.4, -0.2) is 28.2 Å². The molecule has 1 saturated carbocycles. The minimum absolute atomic E-state index is 0.341. The summed E-state index contributed by atoms with van der Waals surface area (Å²) in [5, 5.41) is 7.51. The Labute approximate surface area is 118 Å². The van der Waals surface area contributed by atoms with Crippen LogP contribution < -0.4 is 5.32 Å². The standard InChI is InChI=1S/C15H20N4O/c1-3-10-9-17-8-7-11(10)14-18-15(20-19-14)12-5-4-6-13(12)16-2/h7-9,12-13,16H,3-6H2,1-2H3. The van der Waals surface area contributed by atoms with Crippen molar-refractivity contribution in [1.29, 1.82) is 0 Å². The fourth-order valence-electron chi connectivity index (χ4n) is 3.02. The highest BCUT2D eigenvalue weighted by Crippen LogP contribution is 2.34. The summed E-state index contributed by atoms with van der Waals surface area (Å²) in [6.45, 7) is 2.11. The van der Waals surface area contributed by atoms with Crippen LogP contribution in [0.25, 0.3) is 11.4 Å². The van der Waals surface area contributed by atoms with Crippen LogP contribution in [0.3, 0.4) is 0 Å². The van der Waals surface area contributed by atoms with Crippen molar-refractivity contribution >= 4 is 0 Å². The summed E-state index contributed by atoms with van der Waals surface area (Å²) in [5.41, 5.74) is 2.17. The van der Waals surface area contributed by atoms with Crippen LogP contribution in [0.1, 0.15) is 43.6 Å². The maximum atomic E-state index is 5.51. The number of likely N-dealkylation sites (N-methyl/N-ethyl adjacent to an activating group) is 1. The van der Waals surface area contributed by atoms with Gasteiger partial charge in [0, 0.05) is 24.0 Å². The lowest BCUT2D eigenvalue weighted by Crippen LogP contribution is -2.27. The van der Waals surface area contributed by atoms with Crippen LogP contribution in [0.2, 0.25) is 0 Å². The van der Waals surface area contributed by atoms with Gasteiger partial charge < -0.3 is 9.84 Å². The summed E-state index contributed by atoms with van der Waals surface area (Å²) < 4.78 is 5.51. The minimum Gasteiger partial charge on any atom is -0.339 e. The molecule has 0 radical (unpaired) electrons. The zero-order valence-electron chi connectivity index (χ0n) is 12.0. The summed E-state index contributed by atoms with van der Waals surface area (Å²) in [5.74, 6) is 1.78. The molecular weight excluding hydrogens is 252 g/mol. The molecule has 0 aliphatic heterocycles. The second-order valence-corrected chi connectivity index (χ2v) is 5.28. The van der Waals surface area contributed by atoms with Gasteiger partial charge in [0.25, 0.3) is 0 Å². The van der Waals surface area contributed by atoms with E-state index in [-0.39, 0.29) is 0 Å². The minimum atomic E-state index is 0.341. The van der Waals surface area contributed by atoms with Gasteiger partial charge in [-0.05, 0) is 37.9 Å². The molecule has 20 heavy (non-hydrogen) atoms. The maximum Gasteiger partial charge on any atom is 0.231 e. The lowest BCUT2D eigenvalue weighted by molar-refractivity contribution is 0.335. The molecule has 2 atom stereocenters. The molecule has 106 valence electrons. The van der Waals surface area contributed by atoms with Crippen molar-refractivity contribution in [2.75, 3.05) is 7.05 Å². The monoisotopic (exact) mass is 272 g/mol. The molecule has 0 amide bonds. The third kappa shape index (κ3) is 2.33. The highest BCUT2D eigenvalue weighted by Gasteiger charge is 2.32. The number of aromatic nitrogens is 3. The first kappa shape index (κ1) is 13.2. The number of rotatable bonds is 4. The van der Waals surface area contributed by atoms with E-state index in [0.717, 1.165) is 29.9 Å². The largest absolute Gasteiger partial charge is 0.339 e. The van der Waals surface area contributed by atoms with Gasteiger partial charge in [0.15, 0.2) is 0 Å². The Morgan fingerprint density at radius 1 is 1.40 bits per heavy atom. The third-order valence-corrected chi connectivity index (χ3v) is 4.17. The second kappa shape index (κ2) is 5.71. The van der Waals surface area contributed by atoms with Crippen LogP contribution in [0.15, 0.2) is 23.0 Å². The lowest BCUT2D eigenvalue weighted by Gasteiger charge is -2.14. The average Bonchev–Trinajstić information content (AvgIpc) is 3.15. The molecular formula is C15H20N4O. The van der Waals surface area contributed by atoms with Crippen molar-refractivity contribution in [3.8, 4) is 11.4 Å². The Bertz CT molecular complexity index is 581. The summed E-state index contributed by atoms with van der Waals surface area (Å²) >= 11 is 0. The Balaban J connectivity index is 1.90. The SMILES string of the molecule is CCc1cnccc1-c1noc(C2CCCC2NC)n1. The first-order valence-corrected chi connectivity index (χ1v) is 7.27. The van der Waals surface area contributed by atoms with Gasteiger partial charge in [0.1, 0.15) is 0 Å². The van der Waals surface area contributed by atoms with Crippen molar-refractivity contribution in [2.24, 2.45) is 0 Å². The lowest BCUT2D eigenvalue weighted by atomic mass is 10.0. The third-order valence-electron chi connectivity index (χ3n) is 4.17. The average molecular weight is 272 g/mol. The van der Waals surface area contributed by atoms with E-state index in [2.05, 4.69) is 27.4 Å². The fourth-order valence-corrected chi connectivity index (χ4v) is 3.02. The van der Waals surface area contributed by atoms with Crippen LogP contribution in [0.5, 0.6) is 0 Å². The van der Waals surface area contributed by atoms with Crippen molar-refractivity contribution in [1.82, 2.24) is 20.4 Å². The predicted molar refractivity (Wildman–Crippen MR) is 76.3 cm³/mol. The van der Waals surface area contributed by atoms with Gasteiger partial charge in [-0.25, -0.2) is 0 Å². The molecule has 3 rings (SSSR count). The molecule has 0 spiro atoms. The van der Waals surface area contributed by atoms with E-state index in [1.165, 1.54) is 12.8 Å². The van der Waals surface area contributed by atoms with Crippen LogP contribution >= 0.6 is 0 Å². The molecule has 2 aromatic heterocycles. The predicted octanol–water partition coefficient (Wildman–Crippen LogP) is 2.55. The van der Waals surface area contributed by atoms with Gasteiger partial charge >= 0.3 is 0 Å². The quantitative estimate of drug-likeness (QED) is 0.926. The highest BCUT2D eigenvalue weighted by atomic mass is 16.5. The molecule has 2 heterocycles. The van der Waals surface area contributed by atoms with Crippen LogP contribution in [0, 0.1) is 0 Å².